The number of para-hydroxylation sites is 2. The average molecular weight is 889 g/mol. The van der Waals surface area contributed by atoms with Crippen LogP contribution in [-0.4, -0.2) is 4.57 Å². The maximum absolute atomic E-state index is 2.55. The summed E-state index contributed by atoms with van der Waals surface area (Å²) in [6.07, 6.45) is 0. The van der Waals surface area contributed by atoms with Gasteiger partial charge < -0.3 is 9.47 Å². The third kappa shape index (κ3) is 5.07. The highest BCUT2D eigenvalue weighted by atomic mass is 15.1. The number of anilines is 3. The van der Waals surface area contributed by atoms with Gasteiger partial charge in [0.2, 0.25) is 0 Å². The van der Waals surface area contributed by atoms with Gasteiger partial charge in [0, 0.05) is 33.4 Å². The van der Waals surface area contributed by atoms with Crippen LogP contribution >= 0.6 is 0 Å². The van der Waals surface area contributed by atoms with E-state index in [1.165, 1.54) is 94.2 Å². The topological polar surface area (TPSA) is 8.17 Å². The van der Waals surface area contributed by atoms with Gasteiger partial charge in [0.15, 0.2) is 0 Å². The third-order valence-corrected chi connectivity index (χ3v) is 15.9. The molecule has 0 N–H and O–H groups in total. The summed E-state index contributed by atoms with van der Waals surface area (Å²) < 4.78 is 2.45. The van der Waals surface area contributed by atoms with Crippen LogP contribution in [0.2, 0.25) is 0 Å². The molecular formula is C68H44N2. The normalized spacial score (nSPS) is 13.9. The lowest BCUT2D eigenvalue weighted by molar-refractivity contribution is 0.633. The van der Waals surface area contributed by atoms with E-state index in [4.69, 9.17) is 0 Å². The highest BCUT2D eigenvalue weighted by molar-refractivity contribution is 6.10. The van der Waals surface area contributed by atoms with Gasteiger partial charge in [0.25, 0.3) is 0 Å². The maximum Gasteiger partial charge on any atom is 0.0740 e. The van der Waals surface area contributed by atoms with Gasteiger partial charge in [0.05, 0.1) is 27.6 Å². The summed E-state index contributed by atoms with van der Waals surface area (Å²) in [5.41, 5.74) is 23.6. The third-order valence-electron chi connectivity index (χ3n) is 15.9. The Morgan fingerprint density at radius 1 is 0.286 bits per heavy atom. The van der Waals surface area contributed by atoms with Gasteiger partial charge in [-0.15, -0.1) is 0 Å². The van der Waals surface area contributed by atoms with Crippen molar-refractivity contribution < 1.29 is 0 Å². The van der Waals surface area contributed by atoms with Crippen molar-refractivity contribution in [2.75, 3.05) is 4.90 Å². The highest BCUT2D eigenvalue weighted by Crippen LogP contribution is 2.69. The lowest BCUT2D eigenvalue weighted by Crippen LogP contribution is -2.44. The number of nitrogens with zero attached hydrogens (tertiary/aromatic N) is 2. The molecule has 0 amide bonds. The van der Waals surface area contributed by atoms with E-state index in [0.717, 1.165) is 28.3 Å². The Bertz CT molecular complexity index is 3980. The molecule has 3 aliphatic carbocycles. The fraction of sp³-hybridized carbons (Fsp3) is 0.0294. The Kier molecular flexibility index (Phi) is 8.24. The summed E-state index contributed by atoms with van der Waals surface area (Å²) in [5, 5.41) is 2.45. The molecule has 326 valence electrons. The van der Waals surface area contributed by atoms with Gasteiger partial charge in [-0.25, -0.2) is 0 Å². The van der Waals surface area contributed by atoms with Crippen molar-refractivity contribution in [1.82, 2.24) is 4.57 Å². The highest BCUT2D eigenvalue weighted by Gasteiger charge is 2.60. The lowest BCUT2D eigenvalue weighted by atomic mass is 9.52. The number of benzene rings is 11. The van der Waals surface area contributed by atoms with Crippen LogP contribution < -0.4 is 4.90 Å². The summed E-state index contributed by atoms with van der Waals surface area (Å²) in [4.78, 5) is 2.55. The van der Waals surface area contributed by atoms with Gasteiger partial charge in [-0.1, -0.05) is 218 Å². The van der Waals surface area contributed by atoms with Crippen LogP contribution in [-0.2, 0) is 10.8 Å². The van der Waals surface area contributed by atoms with E-state index in [2.05, 4.69) is 276 Å². The van der Waals surface area contributed by atoms with Gasteiger partial charge in [-0.3, -0.25) is 0 Å². The number of hydrogen-bond donors (Lipinski definition) is 0. The lowest BCUT2D eigenvalue weighted by Gasteiger charge is -2.50. The molecule has 0 aliphatic heterocycles. The van der Waals surface area contributed by atoms with Crippen molar-refractivity contribution in [3.05, 3.63) is 311 Å². The maximum atomic E-state index is 2.55. The SMILES string of the molecule is c1ccc(-c2ccc(-n3c4ccccc4c4ccc(N(c5ccccc5)c5cccc6c5C5(c7ccccc7-c7ccccc75)c5ccccc5C65c6ccccc6-c6ccccc65)cc43)cc2)cc1. The van der Waals surface area contributed by atoms with Gasteiger partial charge in [-0.2, -0.15) is 0 Å². The van der Waals surface area contributed by atoms with Crippen LogP contribution in [0.25, 0.3) is 60.9 Å². The Hall–Kier alpha value is -8.98. The molecule has 15 rings (SSSR count). The number of hydrogen-bond acceptors (Lipinski definition) is 1. The number of aromatic nitrogens is 1. The van der Waals surface area contributed by atoms with Crippen molar-refractivity contribution in [3.8, 4) is 39.1 Å². The van der Waals surface area contributed by atoms with Crippen molar-refractivity contribution >= 4 is 38.9 Å². The molecule has 1 aromatic heterocycles. The minimum absolute atomic E-state index is 0.600. The fourth-order valence-corrected chi connectivity index (χ4v) is 13.3. The molecule has 11 aromatic carbocycles. The quantitative estimate of drug-likeness (QED) is 0.167. The predicted molar refractivity (Wildman–Crippen MR) is 289 cm³/mol. The molecule has 2 heteroatoms. The van der Waals surface area contributed by atoms with Crippen LogP contribution in [0.15, 0.2) is 267 Å². The standard InChI is InChI=1S/C68H44N2/c1-3-20-45(21-4-1)46-38-40-48(41-39-46)70-63-36-18-11-28-54(63)55-43-42-49(44-65(55)70)69(47-22-5-2-6-23-47)64-37-19-35-62-66(64)68(58-31-14-9-26-52(58)53-27-10-15-32-59(53)68)61-34-17-16-33-60(61)67(62)56-29-12-7-24-50(56)51-25-8-13-30-57(51)67/h1-44H. The summed E-state index contributed by atoms with van der Waals surface area (Å²) >= 11 is 0. The summed E-state index contributed by atoms with van der Waals surface area (Å²) in [6, 6.07) is 100. The minimum atomic E-state index is -0.667. The molecular weight excluding hydrogens is 845 g/mol. The molecule has 0 atom stereocenters. The minimum Gasteiger partial charge on any atom is -0.310 e. The van der Waals surface area contributed by atoms with Crippen LogP contribution in [0.3, 0.4) is 0 Å². The van der Waals surface area contributed by atoms with E-state index in [-0.39, 0.29) is 0 Å². The molecule has 70 heavy (non-hydrogen) atoms. The van der Waals surface area contributed by atoms with Crippen molar-refractivity contribution in [2.24, 2.45) is 0 Å². The molecule has 2 nitrogen and oxygen atoms in total. The Morgan fingerprint density at radius 2 is 0.743 bits per heavy atom. The number of rotatable bonds is 5. The molecule has 0 saturated carbocycles. The second-order valence-electron chi connectivity index (χ2n) is 19.1. The van der Waals surface area contributed by atoms with E-state index in [1.807, 2.05) is 0 Å². The zero-order chi connectivity index (χ0) is 46.0. The van der Waals surface area contributed by atoms with Crippen LogP contribution in [0.4, 0.5) is 17.1 Å². The second kappa shape index (κ2) is 14.8. The zero-order valence-corrected chi connectivity index (χ0v) is 38.3. The van der Waals surface area contributed by atoms with Crippen LogP contribution in [0, 0.1) is 0 Å². The molecule has 0 fully saturated rings. The van der Waals surface area contributed by atoms with E-state index in [9.17, 15) is 0 Å². The average Bonchev–Trinajstić information content (AvgIpc) is 4.04. The largest absolute Gasteiger partial charge is 0.310 e. The molecule has 3 aliphatic rings. The monoisotopic (exact) mass is 888 g/mol. The van der Waals surface area contributed by atoms with Crippen molar-refractivity contribution in [3.63, 3.8) is 0 Å². The van der Waals surface area contributed by atoms with Crippen molar-refractivity contribution in [2.45, 2.75) is 10.8 Å². The first-order valence-corrected chi connectivity index (χ1v) is 24.4. The van der Waals surface area contributed by atoms with Gasteiger partial charge in [0.1, 0.15) is 0 Å². The molecule has 0 saturated heterocycles. The summed E-state index contributed by atoms with van der Waals surface area (Å²) in [7, 11) is 0. The molecule has 12 aromatic rings. The van der Waals surface area contributed by atoms with Gasteiger partial charge >= 0.3 is 0 Å². The first kappa shape index (κ1) is 39.1. The Morgan fingerprint density at radius 3 is 1.36 bits per heavy atom. The van der Waals surface area contributed by atoms with E-state index in [1.54, 1.807) is 0 Å². The van der Waals surface area contributed by atoms with Crippen LogP contribution in [0.5, 0.6) is 0 Å². The van der Waals surface area contributed by atoms with E-state index in [0.29, 0.717) is 0 Å². The summed E-state index contributed by atoms with van der Waals surface area (Å²) in [5.74, 6) is 0. The smallest absolute Gasteiger partial charge is 0.0740 e. The number of fused-ring (bicyclic) bond motifs is 19. The first-order chi connectivity index (χ1) is 34.8. The zero-order valence-electron chi connectivity index (χ0n) is 38.3. The van der Waals surface area contributed by atoms with Crippen LogP contribution in [0.1, 0.15) is 44.5 Å². The van der Waals surface area contributed by atoms with E-state index < -0.39 is 10.8 Å². The van der Waals surface area contributed by atoms with Crippen molar-refractivity contribution in [1.29, 1.82) is 0 Å². The molecule has 1 heterocycles. The van der Waals surface area contributed by atoms with Gasteiger partial charge in [-0.05, 0) is 121 Å². The first-order valence-electron chi connectivity index (χ1n) is 24.4. The molecule has 0 bridgehead atoms. The summed E-state index contributed by atoms with van der Waals surface area (Å²) in [6.45, 7) is 0. The predicted octanol–water partition coefficient (Wildman–Crippen LogP) is 17.0. The Labute approximate surface area is 407 Å². The molecule has 2 spiro atoms. The van der Waals surface area contributed by atoms with E-state index >= 15 is 0 Å². The fourth-order valence-electron chi connectivity index (χ4n) is 13.3. The molecule has 0 radical (unpaired) electrons. The Balaban J connectivity index is 1.07. The second-order valence-corrected chi connectivity index (χ2v) is 19.1. The molecule has 0 unspecified atom stereocenters.